The number of phenolic OH excluding ortho intramolecular Hbond substituents is 1. The monoisotopic (exact) mass is 656 g/mol. The first kappa shape index (κ1) is 44.6. The number of aromatic hydroxyl groups is 1. The Kier molecular flexibility index (Phi) is 26.9. The smallest absolute Gasteiger partial charge is 0.336 e. The van der Waals surface area contributed by atoms with E-state index in [1.54, 1.807) is 19.1 Å². The van der Waals surface area contributed by atoms with Gasteiger partial charge in [-0.15, -0.1) is 0 Å². The van der Waals surface area contributed by atoms with Crippen molar-refractivity contribution in [2.24, 2.45) is 0 Å². The van der Waals surface area contributed by atoms with Gasteiger partial charge in [-0.25, -0.2) is 4.79 Å². The molecule has 12 heteroatoms. The zero-order valence-electron chi connectivity index (χ0n) is 27.5. The fourth-order valence-corrected chi connectivity index (χ4v) is 4.36. The summed E-state index contributed by atoms with van der Waals surface area (Å²) < 4.78 is 0. The molecule has 1 rings (SSSR count). The SMILES string of the molecule is CC(=O)CCc1ccc(O)cc1.CCCCCCC(O)CCCCCCCCCCC(=O)O.O=C(O)CC(O)(CC(=O)O)C(=O)O. The van der Waals surface area contributed by atoms with Crippen molar-refractivity contribution in [2.75, 3.05) is 0 Å². The molecule has 264 valence electrons. The number of aliphatic hydroxyl groups is 2. The van der Waals surface area contributed by atoms with Crippen LogP contribution >= 0.6 is 0 Å². The minimum Gasteiger partial charge on any atom is -0.508 e. The molecule has 0 aliphatic rings. The van der Waals surface area contributed by atoms with Crippen molar-refractivity contribution in [3.63, 3.8) is 0 Å². The molecule has 1 unspecified atom stereocenters. The summed E-state index contributed by atoms with van der Waals surface area (Å²) >= 11 is 0. The Bertz CT molecular complexity index is 974. The number of carboxylic acids is 4. The van der Waals surface area contributed by atoms with E-state index in [-0.39, 0.29) is 17.6 Å². The number of carbonyl (C=O) groups is 5. The van der Waals surface area contributed by atoms with Gasteiger partial charge in [-0.2, -0.15) is 0 Å². The molecule has 0 amide bonds. The molecule has 12 nitrogen and oxygen atoms in total. The molecule has 46 heavy (non-hydrogen) atoms. The topological polar surface area (TPSA) is 227 Å². The van der Waals surface area contributed by atoms with E-state index in [1.165, 1.54) is 51.4 Å². The number of unbranched alkanes of at least 4 members (excludes halogenated alkanes) is 10. The molecule has 0 radical (unpaired) electrons. The Morgan fingerprint density at radius 3 is 1.48 bits per heavy atom. The molecular weight excluding hydrogens is 600 g/mol. The first-order valence-electron chi connectivity index (χ1n) is 16.2. The van der Waals surface area contributed by atoms with Gasteiger partial charge in [0.2, 0.25) is 0 Å². The predicted octanol–water partition coefficient (Wildman–Crippen LogP) is 5.97. The van der Waals surface area contributed by atoms with Crippen molar-refractivity contribution in [1.29, 1.82) is 0 Å². The van der Waals surface area contributed by atoms with E-state index < -0.39 is 42.3 Å². The zero-order valence-corrected chi connectivity index (χ0v) is 27.5. The van der Waals surface area contributed by atoms with Crippen LogP contribution in [0.15, 0.2) is 24.3 Å². The number of hydrogen-bond acceptors (Lipinski definition) is 8. The lowest BCUT2D eigenvalue weighted by Crippen LogP contribution is -2.42. The average Bonchev–Trinajstić information content (AvgIpc) is 2.95. The van der Waals surface area contributed by atoms with Crippen LogP contribution in [0.25, 0.3) is 0 Å². The lowest BCUT2D eigenvalue weighted by atomic mass is 9.96. The van der Waals surface area contributed by atoms with E-state index in [4.69, 9.17) is 30.6 Å². The highest BCUT2D eigenvalue weighted by Crippen LogP contribution is 2.16. The second kappa shape index (κ2) is 27.8. The van der Waals surface area contributed by atoms with Crippen molar-refractivity contribution in [3.05, 3.63) is 29.8 Å². The highest BCUT2D eigenvalue weighted by molar-refractivity contribution is 5.88. The maximum atomic E-state index is 10.6. The molecule has 0 heterocycles. The van der Waals surface area contributed by atoms with Crippen molar-refractivity contribution < 1.29 is 59.7 Å². The number of carbonyl (C=O) groups excluding carboxylic acids is 1. The summed E-state index contributed by atoms with van der Waals surface area (Å²) in [5, 5.41) is 61.1. The molecule has 0 aliphatic carbocycles. The second-order valence-electron chi connectivity index (χ2n) is 11.6. The van der Waals surface area contributed by atoms with Gasteiger partial charge in [0.1, 0.15) is 11.5 Å². The molecule has 0 aromatic heterocycles. The number of benzene rings is 1. The highest BCUT2D eigenvalue weighted by Gasteiger charge is 2.40. The molecule has 0 bridgehead atoms. The van der Waals surface area contributed by atoms with E-state index in [2.05, 4.69) is 6.92 Å². The van der Waals surface area contributed by atoms with Gasteiger partial charge in [0, 0.05) is 12.8 Å². The van der Waals surface area contributed by atoms with Crippen LogP contribution in [0.2, 0.25) is 0 Å². The predicted molar refractivity (Wildman–Crippen MR) is 173 cm³/mol. The van der Waals surface area contributed by atoms with Crippen LogP contribution < -0.4 is 0 Å². The van der Waals surface area contributed by atoms with Crippen LogP contribution in [0.4, 0.5) is 0 Å². The Morgan fingerprint density at radius 1 is 0.652 bits per heavy atom. The fraction of sp³-hybridized carbons (Fsp3) is 0.676. The number of carboxylic acid groups (broad SMARTS) is 4. The molecule has 1 aromatic carbocycles. The summed E-state index contributed by atoms with van der Waals surface area (Å²) in [6, 6.07) is 6.93. The molecule has 0 spiro atoms. The van der Waals surface area contributed by atoms with Gasteiger partial charge in [0.05, 0.1) is 18.9 Å². The third kappa shape index (κ3) is 29.2. The molecule has 1 atom stereocenters. The van der Waals surface area contributed by atoms with Gasteiger partial charge < -0.3 is 40.5 Å². The van der Waals surface area contributed by atoms with Crippen LogP contribution in [0.1, 0.15) is 135 Å². The maximum absolute atomic E-state index is 10.6. The Labute approximate surface area is 272 Å². The first-order chi connectivity index (χ1) is 21.6. The molecule has 0 aliphatic heterocycles. The van der Waals surface area contributed by atoms with E-state index in [1.807, 2.05) is 12.1 Å². The number of aliphatic hydroxyl groups excluding tert-OH is 1. The molecule has 7 N–H and O–H groups in total. The minimum atomic E-state index is -2.74. The normalized spacial score (nSPS) is 11.3. The number of phenols is 1. The van der Waals surface area contributed by atoms with Crippen molar-refractivity contribution in [3.8, 4) is 5.75 Å². The largest absolute Gasteiger partial charge is 0.508 e. The summed E-state index contributed by atoms with van der Waals surface area (Å²) in [7, 11) is 0. The van der Waals surface area contributed by atoms with Gasteiger partial charge in [-0.1, -0.05) is 89.7 Å². The van der Waals surface area contributed by atoms with Gasteiger partial charge in [0.25, 0.3) is 0 Å². The van der Waals surface area contributed by atoms with E-state index >= 15 is 0 Å². The van der Waals surface area contributed by atoms with Crippen LogP contribution in [0, 0.1) is 0 Å². The van der Waals surface area contributed by atoms with Crippen LogP contribution in [-0.2, 0) is 30.4 Å². The van der Waals surface area contributed by atoms with E-state index in [0.717, 1.165) is 50.5 Å². The number of aryl methyl sites for hydroxylation is 1. The van der Waals surface area contributed by atoms with Gasteiger partial charge >= 0.3 is 23.9 Å². The number of aliphatic carboxylic acids is 4. The van der Waals surface area contributed by atoms with Crippen LogP contribution in [0.3, 0.4) is 0 Å². The Hall–Kier alpha value is -3.51. The maximum Gasteiger partial charge on any atom is 0.336 e. The Morgan fingerprint density at radius 2 is 1.09 bits per heavy atom. The molecule has 1 aromatic rings. The summed E-state index contributed by atoms with van der Waals surface area (Å²) in [6.07, 6.45) is 15.3. The number of hydrogen-bond donors (Lipinski definition) is 7. The highest BCUT2D eigenvalue weighted by atomic mass is 16.4. The number of Topliss-reactive ketones (excluding diaryl/α,β-unsaturated/α-hetero) is 1. The lowest BCUT2D eigenvalue weighted by molar-refractivity contribution is -0.170. The van der Waals surface area contributed by atoms with Crippen molar-refractivity contribution in [1.82, 2.24) is 0 Å². The van der Waals surface area contributed by atoms with Gasteiger partial charge in [-0.3, -0.25) is 14.4 Å². The van der Waals surface area contributed by atoms with E-state index in [9.17, 15) is 29.1 Å². The molecule has 0 saturated heterocycles. The van der Waals surface area contributed by atoms with E-state index in [0.29, 0.717) is 12.8 Å². The van der Waals surface area contributed by atoms with Gasteiger partial charge in [0.15, 0.2) is 5.60 Å². The lowest BCUT2D eigenvalue weighted by Gasteiger charge is -2.18. The summed E-state index contributed by atoms with van der Waals surface area (Å²) in [5.74, 6) is -5.23. The third-order valence-corrected chi connectivity index (χ3v) is 7.06. The number of rotatable bonds is 24. The third-order valence-electron chi connectivity index (χ3n) is 7.06. The summed E-state index contributed by atoms with van der Waals surface area (Å²) in [6.45, 7) is 3.79. The van der Waals surface area contributed by atoms with Crippen molar-refractivity contribution >= 4 is 29.7 Å². The minimum absolute atomic E-state index is 0.0853. The van der Waals surface area contributed by atoms with Crippen LogP contribution in [-0.4, -0.2) is 77.1 Å². The average molecular weight is 657 g/mol. The molecule has 0 fully saturated rings. The molecule has 0 saturated carbocycles. The molecular formula is C34H56O12. The zero-order chi connectivity index (χ0) is 35.4. The standard InChI is InChI=1S/C18H36O3.C10H12O2.C6H8O7/c1-2-3-4-11-14-17(19)15-12-9-7-5-6-8-10-13-16-18(20)21;1-8(11)2-3-9-4-6-10(12)7-5-9;7-3(8)1-6(13,5(11)12)2-4(9)10/h17,19H,2-16H2,1H3,(H,20,21);4-7,12H,2-3H2,1H3;13H,1-2H2,(H,7,8)(H,9,10)(H,11,12). The second-order valence-corrected chi connectivity index (χ2v) is 11.6. The van der Waals surface area contributed by atoms with Crippen molar-refractivity contribution in [2.45, 2.75) is 148 Å². The Balaban J connectivity index is 0. The van der Waals surface area contributed by atoms with Crippen LogP contribution in [0.5, 0.6) is 5.75 Å². The quantitative estimate of drug-likeness (QED) is 0.0639. The first-order valence-corrected chi connectivity index (χ1v) is 16.2. The number of ketones is 1. The summed E-state index contributed by atoms with van der Waals surface area (Å²) in [5.41, 5.74) is -1.65. The van der Waals surface area contributed by atoms with Gasteiger partial charge in [-0.05, 0) is 50.3 Å². The summed E-state index contributed by atoms with van der Waals surface area (Å²) in [4.78, 5) is 51.5. The fourth-order valence-electron chi connectivity index (χ4n) is 4.36.